The van der Waals surface area contributed by atoms with Gasteiger partial charge in [0, 0.05) is 31.1 Å². The predicted octanol–water partition coefficient (Wildman–Crippen LogP) is 3.33. The number of hydrogen-bond acceptors (Lipinski definition) is 3. The molecule has 1 saturated heterocycles. The number of carbonyl (C=O) groups excluding carboxylic acids is 2. The summed E-state index contributed by atoms with van der Waals surface area (Å²) in [5, 5.41) is 11.9. The average Bonchev–Trinajstić information content (AvgIpc) is 2.72. The SMILES string of the molecule is O=C(O)c1ccccc1CCC(=O)N1CCC(C(=O)Nc2cccc(F)c2)CC1. The minimum Gasteiger partial charge on any atom is -0.478 e. The lowest BCUT2D eigenvalue weighted by atomic mass is 9.95. The standard InChI is InChI=1S/C22H23FN2O4/c23-17-5-3-6-18(14-17)24-21(27)16-10-12-25(13-11-16)20(26)9-8-15-4-1-2-7-19(15)22(28)29/h1-7,14,16H,8-13H2,(H,24,27)(H,28,29). The Bertz CT molecular complexity index is 907. The van der Waals surface area contributed by atoms with E-state index in [-0.39, 0.29) is 29.7 Å². The van der Waals surface area contributed by atoms with Gasteiger partial charge < -0.3 is 15.3 Å². The molecule has 0 radical (unpaired) electrons. The number of anilines is 1. The van der Waals surface area contributed by atoms with Gasteiger partial charge in [0.15, 0.2) is 0 Å². The first kappa shape index (κ1) is 20.5. The van der Waals surface area contributed by atoms with E-state index < -0.39 is 11.8 Å². The van der Waals surface area contributed by atoms with E-state index in [1.807, 2.05) is 0 Å². The highest BCUT2D eigenvalue weighted by Gasteiger charge is 2.27. The lowest BCUT2D eigenvalue weighted by Gasteiger charge is -2.31. The van der Waals surface area contributed by atoms with Crippen molar-refractivity contribution in [2.75, 3.05) is 18.4 Å². The molecule has 2 N–H and O–H groups in total. The summed E-state index contributed by atoms with van der Waals surface area (Å²) in [5.74, 6) is -1.85. The molecule has 0 aliphatic carbocycles. The maximum atomic E-state index is 13.2. The maximum absolute atomic E-state index is 13.2. The first-order chi connectivity index (χ1) is 13.9. The van der Waals surface area contributed by atoms with Crippen LogP contribution in [0.2, 0.25) is 0 Å². The van der Waals surface area contributed by atoms with Gasteiger partial charge in [0.2, 0.25) is 11.8 Å². The minimum absolute atomic E-state index is 0.0471. The normalized spacial score (nSPS) is 14.4. The molecule has 152 valence electrons. The zero-order valence-corrected chi connectivity index (χ0v) is 15.9. The Morgan fingerprint density at radius 2 is 1.79 bits per heavy atom. The highest BCUT2D eigenvalue weighted by molar-refractivity contribution is 5.92. The number of carboxylic acid groups (broad SMARTS) is 1. The Labute approximate surface area is 168 Å². The lowest BCUT2D eigenvalue weighted by molar-refractivity contribution is -0.134. The zero-order valence-electron chi connectivity index (χ0n) is 15.9. The number of likely N-dealkylation sites (tertiary alicyclic amines) is 1. The number of aryl methyl sites for hydroxylation is 1. The van der Waals surface area contributed by atoms with E-state index in [0.29, 0.717) is 43.6 Å². The summed E-state index contributed by atoms with van der Waals surface area (Å²) in [4.78, 5) is 37.8. The van der Waals surface area contributed by atoms with Gasteiger partial charge in [0.05, 0.1) is 5.56 Å². The molecular weight excluding hydrogens is 375 g/mol. The highest BCUT2D eigenvalue weighted by atomic mass is 19.1. The molecule has 29 heavy (non-hydrogen) atoms. The van der Waals surface area contributed by atoms with Crippen molar-refractivity contribution >= 4 is 23.5 Å². The number of carbonyl (C=O) groups is 3. The first-order valence-electron chi connectivity index (χ1n) is 9.59. The van der Waals surface area contributed by atoms with Crippen molar-refractivity contribution in [2.45, 2.75) is 25.7 Å². The van der Waals surface area contributed by atoms with Crippen molar-refractivity contribution < 1.29 is 23.9 Å². The van der Waals surface area contributed by atoms with Crippen LogP contribution in [0.4, 0.5) is 10.1 Å². The maximum Gasteiger partial charge on any atom is 0.335 e. The van der Waals surface area contributed by atoms with Crippen molar-refractivity contribution in [1.29, 1.82) is 0 Å². The van der Waals surface area contributed by atoms with Crippen LogP contribution in [0.25, 0.3) is 0 Å². The zero-order chi connectivity index (χ0) is 20.8. The van der Waals surface area contributed by atoms with Crippen LogP contribution in [0.3, 0.4) is 0 Å². The Morgan fingerprint density at radius 3 is 2.48 bits per heavy atom. The smallest absolute Gasteiger partial charge is 0.335 e. The van der Waals surface area contributed by atoms with Crippen LogP contribution in [-0.2, 0) is 16.0 Å². The number of rotatable bonds is 6. The van der Waals surface area contributed by atoms with Gasteiger partial charge in [-0.15, -0.1) is 0 Å². The van der Waals surface area contributed by atoms with Crippen LogP contribution in [0.15, 0.2) is 48.5 Å². The monoisotopic (exact) mass is 398 g/mol. The third-order valence-electron chi connectivity index (χ3n) is 5.17. The molecule has 7 heteroatoms. The summed E-state index contributed by atoms with van der Waals surface area (Å²) in [6, 6.07) is 12.4. The molecule has 0 atom stereocenters. The number of aromatic carboxylic acids is 1. The molecule has 1 heterocycles. The Balaban J connectivity index is 1.48. The van der Waals surface area contributed by atoms with Gasteiger partial charge in [-0.25, -0.2) is 9.18 Å². The summed E-state index contributed by atoms with van der Waals surface area (Å²) in [6.07, 6.45) is 1.67. The predicted molar refractivity (Wildman–Crippen MR) is 106 cm³/mol. The molecule has 2 aromatic rings. The van der Waals surface area contributed by atoms with E-state index in [2.05, 4.69) is 5.32 Å². The molecular formula is C22H23FN2O4. The molecule has 0 aromatic heterocycles. The number of halogens is 1. The van der Waals surface area contributed by atoms with Crippen LogP contribution in [0, 0.1) is 11.7 Å². The number of piperidine rings is 1. The van der Waals surface area contributed by atoms with Crippen molar-refractivity contribution in [3.8, 4) is 0 Å². The van der Waals surface area contributed by atoms with Gasteiger partial charge >= 0.3 is 5.97 Å². The fourth-order valence-corrected chi connectivity index (χ4v) is 3.55. The molecule has 0 unspecified atom stereocenters. The van der Waals surface area contributed by atoms with Crippen LogP contribution in [0.1, 0.15) is 35.2 Å². The molecule has 1 aliphatic heterocycles. The van der Waals surface area contributed by atoms with Crippen molar-refractivity contribution in [2.24, 2.45) is 5.92 Å². The van der Waals surface area contributed by atoms with E-state index in [4.69, 9.17) is 0 Å². The Hall–Kier alpha value is -3.22. The van der Waals surface area contributed by atoms with Crippen molar-refractivity contribution in [3.05, 3.63) is 65.5 Å². The largest absolute Gasteiger partial charge is 0.478 e. The van der Waals surface area contributed by atoms with E-state index in [1.54, 1.807) is 29.2 Å². The molecule has 1 fully saturated rings. The second-order valence-electron chi connectivity index (χ2n) is 7.12. The number of nitrogens with one attached hydrogen (secondary N) is 1. The van der Waals surface area contributed by atoms with Gasteiger partial charge in [-0.3, -0.25) is 9.59 Å². The Morgan fingerprint density at radius 1 is 1.07 bits per heavy atom. The quantitative estimate of drug-likeness (QED) is 0.781. The number of hydrogen-bond donors (Lipinski definition) is 2. The molecule has 0 saturated carbocycles. The van der Waals surface area contributed by atoms with Gasteiger partial charge in [-0.05, 0) is 49.1 Å². The Kier molecular flexibility index (Phi) is 6.59. The molecule has 2 aromatic carbocycles. The van der Waals surface area contributed by atoms with Crippen LogP contribution in [-0.4, -0.2) is 40.9 Å². The number of amides is 2. The summed E-state index contributed by atoms with van der Waals surface area (Å²) in [6.45, 7) is 0.946. The fraction of sp³-hybridized carbons (Fsp3) is 0.318. The summed E-state index contributed by atoms with van der Waals surface area (Å²) >= 11 is 0. The van der Waals surface area contributed by atoms with E-state index in [0.717, 1.165) is 0 Å². The van der Waals surface area contributed by atoms with E-state index in [9.17, 15) is 23.9 Å². The second-order valence-corrected chi connectivity index (χ2v) is 7.12. The van der Waals surface area contributed by atoms with Gasteiger partial charge in [-0.2, -0.15) is 0 Å². The molecule has 3 rings (SSSR count). The number of benzene rings is 2. The molecule has 0 spiro atoms. The van der Waals surface area contributed by atoms with Crippen molar-refractivity contribution in [3.63, 3.8) is 0 Å². The van der Waals surface area contributed by atoms with E-state index >= 15 is 0 Å². The lowest BCUT2D eigenvalue weighted by Crippen LogP contribution is -2.41. The molecule has 0 bridgehead atoms. The highest BCUT2D eigenvalue weighted by Crippen LogP contribution is 2.21. The van der Waals surface area contributed by atoms with Gasteiger partial charge in [0.1, 0.15) is 5.82 Å². The van der Waals surface area contributed by atoms with Crippen LogP contribution >= 0.6 is 0 Å². The second kappa shape index (κ2) is 9.32. The van der Waals surface area contributed by atoms with Crippen LogP contribution in [0.5, 0.6) is 0 Å². The number of nitrogens with zero attached hydrogens (tertiary/aromatic N) is 1. The summed E-state index contributed by atoms with van der Waals surface area (Å²) in [7, 11) is 0. The van der Waals surface area contributed by atoms with Crippen molar-refractivity contribution in [1.82, 2.24) is 4.90 Å². The third-order valence-corrected chi connectivity index (χ3v) is 5.17. The average molecular weight is 398 g/mol. The number of carboxylic acids is 1. The molecule has 1 aliphatic rings. The third kappa shape index (κ3) is 5.40. The van der Waals surface area contributed by atoms with E-state index in [1.165, 1.54) is 24.3 Å². The van der Waals surface area contributed by atoms with Gasteiger partial charge in [0.25, 0.3) is 0 Å². The fourth-order valence-electron chi connectivity index (χ4n) is 3.55. The molecule has 6 nitrogen and oxygen atoms in total. The van der Waals surface area contributed by atoms with Gasteiger partial charge in [-0.1, -0.05) is 24.3 Å². The topological polar surface area (TPSA) is 86.7 Å². The summed E-state index contributed by atoms with van der Waals surface area (Å²) < 4.78 is 13.2. The summed E-state index contributed by atoms with van der Waals surface area (Å²) in [5.41, 5.74) is 1.27. The molecule has 2 amide bonds. The first-order valence-corrected chi connectivity index (χ1v) is 9.59. The van der Waals surface area contributed by atoms with Crippen LogP contribution < -0.4 is 5.32 Å². The minimum atomic E-state index is -1.00.